The van der Waals surface area contributed by atoms with Gasteiger partial charge >= 0.3 is 0 Å². The molecule has 16 heavy (non-hydrogen) atoms. The highest BCUT2D eigenvalue weighted by Crippen LogP contribution is 2.45. The van der Waals surface area contributed by atoms with Gasteiger partial charge in [-0.15, -0.1) is 0 Å². The molecule has 0 spiro atoms. The molecule has 1 nitrogen and oxygen atoms in total. The zero-order chi connectivity index (χ0) is 12.2. The van der Waals surface area contributed by atoms with Crippen LogP contribution in [0.1, 0.15) is 72.6 Å². The summed E-state index contributed by atoms with van der Waals surface area (Å²) >= 11 is 0. The second-order valence-corrected chi connectivity index (χ2v) is 6.44. The van der Waals surface area contributed by atoms with Crippen molar-refractivity contribution in [1.82, 2.24) is 0 Å². The molecule has 94 valence electrons. The van der Waals surface area contributed by atoms with Crippen LogP contribution in [0.15, 0.2) is 0 Å². The molecule has 0 unspecified atom stereocenters. The number of Topliss-reactive ketones (excluding diaryl/α,β-unsaturated/α-hetero) is 1. The van der Waals surface area contributed by atoms with E-state index < -0.39 is 0 Å². The summed E-state index contributed by atoms with van der Waals surface area (Å²) in [5.74, 6) is 1.87. The highest BCUT2D eigenvalue weighted by Gasteiger charge is 2.40. The summed E-state index contributed by atoms with van der Waals surface area (Å²) in [5.41, 5.74) is 0.0725. The molecular formula is C15H28O. The third kappa shape index (κ3) is 3.61. The van der Waals surface area contributed by atoms with Gasteiger partial charge in [0.1, 0.15) is 5.78 Å². The van der Waals surface area contributed by atoms with E-state index in [-0.39, 0.29) is 5.41 Å². The maximum atomic E-state index is 12.4. The molecule has 1 fully saturated rings. The van der Waals surface area contributed by atoms with Crippen LogP contribution in [-0.2, 0) is 4.79 Å². The van der Waals surface area contributed by atoms with Gasteiger partial charge in [0.2, 0.25) is 0 Å². The summed E-state index contributed by atoms with van der Waals surface area (Å²) in [7, 11) is 0. The molecular weight excluding hydrogens is 196 g/mol. The van der Waals surface area contributed by atoms with Gasteiger partial charge in [0.25, 0.3) is 0 Å². The zero-order valence-electron chi connectivity index (χ0n) is 11.5. The van der Waals surface area contributed by atoms with Crippen molar-refractivity contribution in [2.24, 2.45) is 17.3 Å². The van der Waals surface area contributed by atoms with E-state index in [1.165, 1.54) is 12.8 Å². The van der Waals surface area contributed by atoms with Crippen molar-refractivity contribution in [3.63, 3.8) is 0 Å². The monoisotopic (exact) mass is 224 g/mol. The Bertz CT molecular complexity index is 222. The van der Waals surface area contributed by atoms with Crippen LogP contribution < -0.4 is 0 Å². The van der Waals surface area contributed by atoms with Crippen molar-refractivity contribution in [3.8, 4) is 0 Å². The summed E-state index contributed by atoms with van der Waals surface area (Å²) in [6.07, 6.45) is 7.83. The van der Waals surface area contributed by atoms with Crippen molar-refractivity contribution in [3.05, 3.63) is 0 Å². The Balaban J connectivity index is 2.58. The molecule has 0 aliphatic heterocycles. The maximum absolute atomic E-state index is 12.4. The number of hydrogen-bond acceptors (Lipinski definition) is 1. The fourth-order valence-electron chi connectivity index (χ4n) is 3.11. The molecule has 0 N–H and O–H groups in total. The van der Waals surface area contributed by atoms with Crippen molar-refractivity contribution in [2.45, 2.75) is 72.6 Å². The molecule has 0 aromatic heterocycles. The lowest BCUT2D eigenvalue weighted by Crippen LogP contribution is -2.30. The standard InChI is InChI=1S/C15H28O/c1-12(2)7-8-14(16)15(11-13(3)4)9-5-6-10-15/h12-13H,5-11H2,1-4H3. The van der Waals surface area contributed by atoms with Gasteiger partial charge in [0, 0.05) is 11.8 Å². The highest BCUT2D eigenvalue weighted by molar-refractivity contribution is 5.85. The summed E-state index contributed by atoms with van der Waals surface area (Å²) in [6.45, 7) is 8.90. The molecule has 0 radical (unpaired) electrons. The topological polar surface area (TPSA) is 17.1 Å². The first-order chi connectivity index (χ1) is 7.46. The SMILES string of the molecule is CC(C)CCC(=O)C1(CC(C)C)CCCC1. The van der Waals surface area contributed by atoms with E-state index in [0.29, 0.717) is 17.6 Å². The average molecular weight is 224 g/mol. The van der Waals surface area contributed by atoms with Gasteiger partial charge in [-0.3, -0.25) is 4.79 Å². The lowest BCUT2D eigenvalue weighted by molar-refractivity contribution is -0.129. The molecule has 0 aromatic carbocycles. The van der Waals surface area contributed by atoms with Crippen molar-refractivity contribution < 1.29 is 4.79 Å². The molecule has 1 rings (SSSR count). The first-order valence-electron chi connectivity index (χ1n) is 6.99. The lowest BCUT2D eigenvalue weighted by atomic mass is 9.73. The molecule has 0 aromatic rings. The molecule has 0 heterocycles. The maximum Gasteiger partial charge on any atom is 0.139 e. The van der Waals surface area contributed by atoms with Gasteiger partial charge in [-0.05, 0) is 37.5 Å². The van der Waals surface area contributed by atoms with Crippen LogP contribution in [0.2, 0.25) is 0 Å². The molecule has 1 heteroatoms. The highest BCUT2D eigenvalue weighted by atomic mass is 16.1. The fraction of sp³-hybridized carbons (Fsp3) is 0.933. The van der Waals surface area contributed by atoms with Crippen LogP contribution in [-0.4, -0.2) is 5.78 Å². The smallest absolute Gasteiger partial charge is 0.139 e. The van der Waals surface area contributed by atoms with E-state index in [1.54, 1.807) is 0 Å². The van der Waals surface area contributed by atoms with Crippen molar-refractivity contribution >= 4 is 5.78 Å². The van der Waals surface area contributed by atoms with Gasteiger partial charge in [-0.2, -0.15) is 0 Å². The van der Waals surface area contributed by atoms with Crippen LogP contribution in [0.3, 0.4) is 0 Å². The molecule has 0 amide bonds. The number of carbonyl (C=O) groups is 1. The lowest BCUT2D eigenvalue weighted by Gasteiger charge is -2.29. The van der Waals surface area contributed by atoms with E-state index >= 15 is 0 Å². The molecule has 0 bridgehead atoms. The fourth-order valence-corrected chi connectivity index (χ4v) is 3.11. The second kappa shape index (κ2) is 5.84. The van der Waals surface area contributed by atoms with Gasteiger partial charge in [-0.1, -0.05) is 40.5 Å². The van der Waals surface area contributed by atoms with Crippen LogP contribution in [0.25, 0.3) is 0 Å². The minimum atomic E-state index is 0.0725. The predicted octanol–water partition coefficient (Wildman–Crippen LogP) is 4.60. The van der Waals surface area contributed by atoms with Gasteiger partial charge in [0.05, 0.1) is 0 Å². The van der Waals surface area contributed by atoms with Gasteiger partial charge in [0.15, 0.2) is 0 Å². The Kier molecular flexibility index (Phi) is 5.01. The Morgan fingerprint density at radius 2 is 1.62 bits per heavy atom. The third-order valence-corrected chi connectivity index (χ3v) is 3.90. The number of carbonyl (C=O) groups excluding carboxylic acids is 1. The van der Waals surface area contributed by atoms with Gasteiger partial charge < -0.3 is 0 Å². The third-order valence-electron chi connectivity index (χ3n) is 3.90. The average Bonchev–Trinajstić information content (AvgIpc) is 2.62. The minimum absolute atomic E-state index is 0.0725. The summed E-state index contributed by atoms with van der Waals surface area (Å²) < 4.78 is 0. The van der Waals surface area contributed by atoms with E-state index in [1.807, 2.05) is 0 Å². The van der Waals surface area contributed by atoms with E-state index in [0.717, 1.165) is 32.1 Å². The zero-order valence-corrected chi connectivity index (χ0v) is 11.5. The van der Waals surface area contributed by atoms with Crippen LogP contribution in [0, 0.1) is 17.3 Å². The Morgan fingerprint density at radius 3 is 2.06 bits per heavy atom. The Labute approximate surface area is 101 Å². The van der Waals surface area contributed by atoms with Crippen LogP contribution in [0.4, 0.5) is 0 Å². The molecule has 1 saturated carbocycles. The summed E-state index contributed by atoms with van der Waals surface area (Å²) in [4.78, 5) is 12.4. The predicted molar refractivity (Wildman–Crippen MR) is 69.4 cm³/mol. The van der Waals surface area contributed by atoms with E-state index in [9.17, 15) is 4.79 Å². The van der Waals surface area contributed by atoms with E-state index in [2.05, 4.69) is 27.7 Å². The quantitative estimate of drug-likeness (QED) is 0.644. The van der Waals surface area contributed by atoms with Gasteiger partial charge in [-0.25, -0.2) is 0 Å². The summed E-state index contributed by atoms with van der Waals surface area (Å²) in [6, 6.07) is 0. The first kappa shape index (κ1) is 13.7. The molecule has 1 aliphatic rings. The second-order valence-electron chi connectivity index (χ2n) is 6.44. The Morgan fingerprint density at radius 1 is 1.06 bits per heavy atom. The van der Waals surface area contributed by atoms with Crippen LogP contribution in [0.5, 0.6) is 0 Å². The summed E-state index contributed by atoms with van der Waals surface area (Å²) in [5, 5.41) is 0. The number of rotatable bonds is 6. The number of hydrogen-bond donors (Lipinski definition) is 0. The number of ketones is 1. The first-order valence-corrected chi connectivity index (χ1v) is 6.99. The Hall–Kier alpha value is -0.330. The van der Waals surface area contributed by atoms with Crippen LogP contribution >= 0.6 is 0 Å². The molecule has 1 aliphatic carbocycles. The van der Waals surface area contributed by atoms with Crippen molar-refractivity contribution in [1.29, 1.82) is 0 Å². The van der Waals surface area contributed by atoms with Crippen molar-refractivity contribution in [2.75, 3.05) is 0 Å². The largest absolute Gasteiger partial charge is 0.299 e. The normalized spacial score (nSPS) is 19.6. The minimum Gasteiger partial charge on any atom is -0.299 e. The molecule has 0 saturated heterocycles. The molecule has 0 atom stereocenters. The van der Waals surface area contributed by atoms with E-state index in [4.69, 9.17) is 0 Å².